The first kappa shape index (κ1) is 12.9. The van der Waals surface area contributed by atoms with Crippen molar-refractivity contribution in [1.29, 1.82) is 5.41 Å². The lowest BCUT2D eigenvalue weighted by Crippen LogP contribution is -2.29. The Morgan fingerprint density at radius 3 is 2.72 bits per heavy atom. The van der Waals surface area contributed by atoms with Crippen molar-refractivity contribution in [3.8, 4) is 0 Å². The van der Waals surface area contributed by atoms with E-state index in [1.165, 1.54) is 25.7 Å². The molecule has 0 atom stereocenters. The molecule has 98 valence electrons. The van der Waals surface area contributed by atoms with Gasteiger partial charge in [0.1, 0.15) is 5.84 Å². The van der Waals surface area contributed by atoms with Gasteiger partial charge in [0.05, 0.1) is 0 Å². The summed E-state index contributed by atoms with van der Waals surface area (Å²) in [6.45, 7) is 5.33. The van der Waals surface area contributed by atoms with Crippen LogP contribution in [0.4, 0.5) is 5.69 Å². The van der Waals surface area contributed by atoms with E-state index >= 15 is 0 Å². The monoisotopic (exact) mass is 245 g/mol. The summed E-state index contributed by atoms with van der Waals surface area (Å²) in [5.74, 6) is 0.177. The van der Waals surface area contributed by atoms with Gasteiger partial charge in [0, 0.05) is 23.8 Å². The van der Waals surface area contributed by atoms with Crippen LogP contribution in [0.3, 0.4) is 0 Å². The van der Waals surface area contributed by atoms with Gasteiger partial charge in [0.15, 0.2) is 0 Å². The van der Waals surface area contributed by atoms with Gasteiger partial charge in [0.2, 0.25) is 0 Å². The lowest BCUT2D eigenvalue weighted by Gasteiger charge is -2.27. The molecule has 0 spiro atoms. The zero-order valence-corrected chi connectivity index (χ0v) is 11.4. The summed E-state index contributed by atoms with van der Waals surface area (Å²) < 4.78 is 0. The topological polar surface area (TPSA) is 53.1 Å². The molecule has 3 N–H and O–H groups in total. The third-order valence-electron chi connectivity index (χ3n) is 3.49. The van der Waals surface area contributed by atoms with Crippen LogP contribution in [0.25, 0.3) is 0 Å². The quantitative estimate of drug-likeness (QED) is 0.598. The van der Waals surface area contributed by atoms with Crippen molar-refractivity contribution in [1.82, 2.24) is 0 Å². The summed E-state index contributed by atoms with van der Waals surface area (Å²) in [4.78, 5) is 2.44. The Bertz CT molecular complexity index is 435. The summed E-state index contributed by atoms with van der Waals surface area (Å²) in [5, 5.41) is 7.76. The van der Waals surface area contributed by atoms with Crippen LogP contribution in [-0.4, -0.2) is 18.4 Å². The first-order chi connectivity index (χ1) is 8.63. The van der Waals surface area contributed by atoms with Crippen molar-refractivity contribution in [2.75, 3.05) is 11.4 Å². The summed E-state index contributed by atoms with van der Waals surface area (Å²) in [5.41, 5.74) is 8.92. The van der Waals surface area contributed by atoms with Crippen molar-refractivity contribution in [2.24, 2.45) is 5.73 Å². The average Bonchev–Trinajstić information content (AvgIpc) is 3.15. The second-order valence-electron chi connectivity index (χ2n) is 5.21. The lowest BCUT2D eigenvalue weighted by atomic mass is 10.1. The highest BCUT2D eigenvalue weighted by molar-refractivity contribution is 6.00. The number of nitrogens with one attached hydrogen (secondary N) is 1. The predicted molar refractivity (Wildman–Crippen MR) is 77.5 cm³/mol. The minimum atomic E-state index is 0.177. The lowest BCUT2D eigenvalue weighted by molar-refractivity contribution is 0.712. The predicted octanol–water partition coefficient (Wildman–Crippen LogP) is 3.05. The molecule has 0 bridgehead atoms. The van der Waals surface area contributed by atoms with Gasteiger partial charge in [0.25, 0.3) is 0 Å². The van der Waals surface area contributed by atoms with E-state index in [1.54, 1.807) is 0 Å². The molecule has 0 radical (unpaired) electrons. The summed E-state index contributed by atoms with van der Waals surface area (Å²) in [6.07, 6.45) is 4.94. The molecule has 3 nitrogen and oxygen atoms in total. The Hall–Kier alpha value is -1.51. The maximum absolute atomic E-state index is 7.76. The smallest absolute Gasteiger partial charge is 0.124 e. The first-order valence-corrected chi connectivity index (χ1v) is 6.85. The summed E-state index contributed by atoms with van der Waals surface area (Å²) in [7, 11) is 0. The molecule has 3 heteroatoms. The van der Waals surface area contributed by atoms with Crippen LogP contribution < -0.4 is 10.6 Å². The highest BCUT2D eigenvalue weighted by atomic mass is 15.2. The molecule has 18 heavy (non-hydrogen) atoms. The van der Waals surface area contributed by atoms with Crippen LogP contribution in [0, 0.1) is 12.3 Å². The second kappa shape index (κ2) is 5.42. The van der Waals surface area contributed by atoms with Crippen LogP contribution >= 0.6 is 0 Å². The fraction of sp³-hybridized carbons (Fsp3) is 0.533. The van der Waals surface area contributed by atoms with Gasteiger partial charge in [-0.3, -0.25) is 5.41 Å². The van der Waals surface area contributed by atoms with Gasteiger partial charge in [-0.2, -0.15) is 0 Å². The molecule has 1 aliphatic carbocycles. The molecular formula is C15H23N3. The van der Waals surface area contributed by atoms with Crippen molar-refractivity contribution < 1.29 is 0 Å². The largest absolute Gasteiger partial charge is 0.384 e. The number of unbranched alkanes of at least 4 members (excludes halogenated alkanes) is 1. The molecule has 1 aliphatic rings. The van der Waals surface area contributed by atoms with E-state index in [4.69, 9.17) is 11.1 Å². The van der Waals surface area contributed by atoms with E-state index in [1.807, 2.05) is 13.0 Å². The minimum Gasteiger partial charge on any atom is -0.384 e. The third-order valence-corrected chi connectivity index (χ3v) is 3.49. The molecule has 0 saturated heterocycles. The van der Waals surface area contributed by atoms with Crippen LogP contribution in [0.2, 0.25) is 0 Å². The van der Waals surface area contributed by atoms with Crippen LogP contribution in [0.1, 0.15) is 43.7 Å². The Morgan fingerprint density at radius 1 is 1.44 bits per heavy atom. The molecule has 0 unspecified atom stereocenters. The SMILES string of the molecule is CCCCN(c1ccc(C)cc1C(=N)N)C1CC1. The first-order valence-electron chi connectivity index (χ1n) is 6.85. The number of amidine groups is 1. The van der Waals surface area contributed by atoms with E-state index < -0.39 is 0 Å². The molecule has 0 aliphatic heterocycles. The van der Waals surface area contributed by atoms with Crippen LogP contribution in [-0.2, 0) is 0 Å². The molecule has 2 rings (SSSR count). The molecule has 1 aromatic carbocycles. The molecule has 0 aromatic heterocycles. The molecule has 0 heterocycles. The van der Waals surface area contributed by atoms with E-state index in [2.05, 4.69) is 24.0 Å². The molecule has 0 amide bonds. The van der Waals surface area contributed by atoms with Crippen molar-refractivity contribution in [2.45, 2.75) is 45.6 Å². The van der Waals surface area contributed by atoms with Gasteiger partial charge in [-0.25, -0.2) is 0 Å². The number of nitrogens with two attached hydrogens (primary N) is 1. The second-order valence-corrected chi connectivity index (χ2v) is 5.21. The van der Waals surface area contributed by atoms with Crippen LogP contribution in [0.5, 0.6) is 0 Å². The van der Waals surface area contributed by atoms with E-state index in [0.29, 0.717) is 6.04 Å². The van der Waals surface area contributed by atoms with Gasteiger partial charge in [-0.15, -0.1) is 0 Å². The number of rotatable bonds is 6. The number of anilines is 1. The number of nitrogens with zero attached hydrogens (tertiary/aromatic N) is 1. The van der Waals surface area contributed by atoms with Crippen molar-refractivity contribution in [3.63, 3.8) is 0 Å². The number of hydrogen-bond acceptors (Lipinski definition) is 2. The standard InChI is InChI=1S/C15H23N3/c1-3-4-9-18(12-6-7-12)14-8-5-11(2)10-13(14)15(16)17/h5,8,10,12H,3-4,6-7,9H2,1-2H3,(H3,16,17). The Balaban J connectivity index is 2.30. The van der Waals surface area contributed by atoms with Gasteiger partial charge in [-0.1, -0.05) is 25.0 Å². The zero-order valence-electron chi connectivity index (χ0n) is 11.4. The maximum Gasteiger partial charge on any atom is 0.124 e. The average molecular weight is 245 g/mol. The summed E-state index contributed by atoms with van der Waals surface area (Å²) >= 11 is 0. The molecule has 1 saturated carbocycles. The normalized spacial score (nSPS) is 14.6. The Morgan fingerprint density at radius 2 is 2.17 bits per heavy atom. The van der Waals surface area contributed by atoms with E-state index in [-0.39, 0.29) is 5.84 Å². The van der Waals surface area contributed by atoms with Gasteiger partial charge in [-0.05, 0) is 38.3 Å². The minimum absolute atomic E-state index is 0.177. The third kappa shape index (κ3) is 2.84. The van der Waals surface area contributed by atoms with E-state index in [0.717, 1.165) is 23.4 Å². The summed E-state index contributed by atoms with van der Waals surface area (Å²) in [6, 6.07) is 6.93. The Labute approximate surface area is 109 Å². The fourth-order valence-electron chi connectivity index (χ4n) is 2.33. The molecular weight excluding hydrogens is 222 g/mol. The highest BCUT2D eigenvalue weighted by Gasteiger charge is 2.30. The number of benzene rings is 1. The van der Waals surface area contributed by atoms with Crippen molar-refractivity contribution >= 4 is 11.5 Å². The van der Waals surface area contributed by atoms with Crippen LogP contribution in [0.15, 0.2) is 18.2 Å². The molecule has 1 aromatic rings. The van der Waals surface area contributed by atoms with E-state index in [9.17, 15) is 0 Å². The number of aryl methyl sites for hydroxylation is 1. The fourth-order valence-corrected chi connectivity index (χ4v) is 2.33. The zero-order chi connectivity index (χ0) is 13.1. The number of hydrogen-bond donors (Lipinski definition) is 2. The Kier molecular flexibility index (Phi) is 3.90. The molecule has 1 fully saturated rings. The van der Waals surface area contributed by atoms with Crippen molar-refractivity contribution in [3.05, 3.63) is 29.3 Å². The van der Waals surface area contributed by atoms with Gasteiger partial charge < -0.3 is 10.6 Å². The highest BCUT2D eigenvalue weighted by Crippen LogP contribution is 2.34. The maximum atomic E-state index is 7.76. The number of nitrogen functional groups attached to an aromatic ring is 1. The van der Waals surface area contributed by atoms with Gasteiger partial charge >= 0.3 is 0 Å².